The smallest absolute Gasteiger partial charge is 0.115 e. The first kappa shape index (κ1) is 11.5. The highest BCUT2D eigenvalue weighted by Crippen LogP contribution is 2.18. The number of aliphatic hydroxyl groups is 2. The highest BCUT2D eigenvalue weighted by Gasteiger charge is 2.09. The van der Waals surface area contributed by atoms with E-state index in [9.17, 15) is 10.2 Å². The second-order valence-electron chi connectivity index (χ2n) is 4.00. The minimum absolute atomic E-state index is 0.186. The molecule has 1 aromatic carbocycles. The van der Waals surface area contributed by atoms with Crippen LogP contribution in [0, 0.1) is 0 Å². The van der Waals surface area contributed by atoms with Gasteiger partial charge >= 0.3 is 0 Å². The summed E-state index contributed by atoms with van der Waals surface area (Å²) >= 11 is 0. The maximum Gasteiger partial charge on any atom is 0.115 e. The molecule has 0 spiro atoms. The number of allylic oxidation sites excluding steroid dienone is 3. The number of benzene rings is 1. The highest BCUT2D eigenvalue weighted by atomic mass is 16.3. The van der Waals surface area contributed by atoms with Crippen molar-refractivity contribution in [2.45, 2.75) is 12.5 Å². The molecule has 0 saturated carbocycles. The molecule has 0 bridgehead atoms. The lowest BCUT2D eigenvalue weighted by Gasteiger charge is -2.11. The Morgan fingerprint density at radius 3 is 2.41 bits per heavy atom. The molecule has 3 nitrogen and oxygen atoms in total. The van der Waals surface area contributed by atoms with Crippen molar-refractivity contribution in [2.24, 2.45) is 0 Å². The summed E-state index contributed by atoms with van der Waals surface area (Å²) < 4.78 is 0. The molecule has 0 aliphatic heterocycles. The SMILES string of the molecule is OC1=CC(/C=C/c2ccc(O)cc2)=CC(O)C1. The molecule has 0 saturated heterocycles. The van der Waals surface area contributed by atoms with Crippen molar-refractivity contribution < 1.29 is 15.3 Å². The first-order valence-corrected chi connectivity index (χ1v) is 5.40. The van der Waals surface area contributed by atoms with Crippen LogP contribution in [0.1, 0.15) is 12.0 Å². The molecule has 0 radical (unpaired) electrons. The van der Waals surface area contributed by atoms with E-state index in [1.165, 1.54) is 0 Å². The van der Waals surface area contributed by atoms with Gasteiger partial charge in [-0.05, 0) is 35.4 Å². The largest absolute Gasteiger partial charge is 0.512 e. The Kier molecular flexibility index (Phi) is 3.30. The van der Waals surface area contributed by atoms with E-state index in [-0.39, 0.29) is 17.9 Å². The molecule has 2 rings (SSSR count). The van der Waals surface area contributed by atoms with E-state index in [0.717, 1.165) is 11.1 Å². The molecule has 1 aromatic rings. The van der Waals surface area contributed by atoms with E-state index in [1.54, 1.807) is 36.4 Å². The van der Waals surface area contributed by atoms with Gasteiger partial charge in [0.2, 0.25) is 0 Å². The van der Waals surface area contributed by atoms with Crippen molar-refractivity contribution in [1.29, 1.82) is 0 Å². The molecule has 3 heteroatoms. The molecule has 17 heavy (non-hydrogen) atoms. The Bertz CT molecular complexity index is 481. The van der Waals surface area contributed by atoms with Crippen LogP contribution in [-0.4, -0.2) is 21.4 Å². The minimum atomic E-state index is -0.625. The molecule has 1 atom stereocenters. The van der Waals surface area contributed by atoms with Crippen molar-refractivity contribution in [1.82, 2.24) is 0 Å². The molecular formula is C14H14O3. The van der Waals surface area contributed by atoms with Gasteiger partial charge in [0.1, 0.15) is 5.75 Å². The van der Waals surface area contributed by atoms with Gasteiger partial charge in [0.25, 0.3) is 0 Å². The maximum absolute atomic E-state index is 9.44. The molecule has 1 aliphatic rings. The normalized spacial score (nSPS) is 20.2. The standard InChI is InChI=1S/C14H14O3/c15-12-5-3-10(4-6-12)1-2-11-7-13(16)9-14(17)8-11/h1-8,13,15-17H,9H2/b2-1+. The van der Waals surface area contributed by atoms with Gasteiger partial charge in [0.05, 0.1) is 11.9 Å². The molecular weight excluding hydrogens is 216 g/mol. The molecule has 1 unspecified atom stereocenters. The predicted octanol–water partition coefficient (Wildman–Crippen LogP) is 2.54. The van der Waals surface area contributed by atoms with Crippen molar-refractivity contribution in [3.05, 3.63) is 59.4 Å². The number of rotatable bonds is 2. The average Bonchev–Trinajstić information content (AvgIpc) is 2.27. The van der Waals surface area contributed by atoms with Crippen LogP contribution < -0.4 is 0 Å². The molecule has 0 amide bonds. The fraction of sp³-hybridized carbons (Fsp3) is 0.143. The molecule has 1 aliphatic carbocycles. The first-order chi connectivity index (χ1) is 8.13. The van der Waals surface area contributed by atoms with Crippen molar-refractivity contribution in [2.75, 3.05) is 0 Å². The summed E-state index contributed by atoms with van der Waals surface area (Å²) in [5.41, 5.74) is 1.71. The van der Waals surface area contributed by atoms with E-state index in [2.05, 4.69) is 0 Å². The Morgan fingerprint density at radius 2 is 1.76 bits per heavy atom. The van der Waals surface area contributed by atoms with Crippen LogP contribution in [0.4, 0.5) is 0 Å². The van der Waals surface area contributed by atoms with Gasteiger partial charge in [0.15, 0.2) is 0 Å². The van der Waals surface area contributed by atoms with Crippen LogP contribution in [-0.2, 0) is 0 Å². The van der Waals surface area contributed by atoms with Gasteiger partial charge in [-0.2, -0.15) is 0 Å². The number of phenols is 1. The summed E-state index contributed by atoms with van der Waals surface area (Å²) in [5.74, 6) is 0.414. The second-order valence-corrected chi connectivity index (χ2v) is 4.00. The quantitative estimate of drug-likeness (QED) is 0.731. The summed E-state index contributed by atoms with van der Waals surface area (Å²) in [4.78, 5) is 0. The third kappa shape index (κ3) is 3.23. The molecule has 88 valence electrons. The summed E-state index contributed by atoms with van der Waals surface area (Å²) in [6.07, 6.45) is 6.63. The van der Waals surface area contributed by atoms with Gasteiger partial charge < -0.3 is 15.3 Å². The summed E-state index contributed by atoms with van der Waals surface area (Å²) in [6, 6.07) is 6.79. The number of phenolic OH excluding ortho intramolecular Hbond substituents is 1. The van der Waals surface area contributed by atoms with Crippen molar-refractivity contribution in [3.8, 4) is 5.75 Å². The van der Waals surface area contributed by atoms with Crippen LogP contribution >= 0.6 is 0 Å². The van der Waals surface area contributed by atoms with E-state index in [1.807, 2.05) is 12.2 Å². The summed E-state index contributed by atoms with van der Waals surface area (Å²) in [5, 5.41) is 27.9. The van der Waals surface area contributed by atoms with Gasteiger partial charge in [-0.15, -0.1) is 0 Å². The fourth-order valence-electron chi connectivity index (χ4n) is 1.68. The van der Waals surface area contributed by atoms with E-state index < -0.39 is 6.10 Å². The number of hydrogen-bond acceptors (Lipinski definition) is 3. The summed E-state index contributed by atoms with van der Waals surface area (Å²) in [7, 11) is 0. The Balaban J connectivity index is 2.13. The van der Waals surface area contributed by atoms with Crippen LogP contribution in [0.2, 0.25) is 0 Å². The lowest BCUT2D eigenvalue weighted by atomic mass is 10.0. The van der Waals surface area contributed by atoms with Crippen LogP contribution in [0.15, 0.2) is 53.8 Å². The molecule has 3 N–H and O–H groups in total. The summed E-state index contributed by atoms with van der Waals surface area (Å²) in [6.45, 7) is 0. The lowest BCUT2D eigenvalue weighted by molar-refractivity contribution is 0.199. The van der Waals surface area contributed by atoms with E-state index in [4.69, 9.17) is 5.11 Å². The zero-order chi connectivity index (χ0) is 12.3. The van der Waals surface area contributed by atoms with Gasteiger partial charge in [-0.1, -0.05) is 24.3 Å². The predicted molar refractivity (Wildman–Crippen MR) is 66.6 cm³/mol. The fourth-order valence-corrected chi connectivity index (χ4v) is 1.68. The second kappa shape index (κ2) is 4.89. The van der Waals surface area contributed by atoms with Crippen molar-refractivity contribution in [3.63, 3.8) is 0 Å². The number of aromatic hydroxyl groups is 1. The van der Waals surface area contributed by atoms with Gasteiger partial charge in [-0.3, -0.25) is 0 Å². The Hall–Kier alpha value is -2.00. The van der Waals surface area contributed by atoms with Gasteiger partial charge in [-0.25, -0.2) is 0 Å². The lowest BCUT2D eigenvalue weighted by Crippen LogP contribution is -2.08. The zero-order valence-corrected chi connectivity index (χ0v) is 9.24. The first-order valence-electron chi connectivity index (χ1n) is 5.40. The zero-order valence-electron chi connectivity index (χ0n) is 9.24. The van der Waals surface area contributed by atoms with E-state index >= 15 is 0 Å². The maximum atomic E-state index is 9.44. The third-order valence-electron chi connectivity index (χ3n) is 2.50. The molecule has 0 fully saturated rings. The number of hydrogen-bond donors (Lipinski definition) is 3. The molecule has 0 aromatic heterocycles. The monoisotopic (exact) mass is 230 g/mol. The third-order valence-corrected chi connectivity index (χ3v) is 2.50. The highest BCUT2D eigenvalue weighted by molar-refractivity contribution is 5.56. The minimum Gasteiger partial charge on any atom is -0.512 e. The Morgan fingerprint density at radius 1 is 1.06 bits per heavy atom. The number of aliphatic hydroxyl groups excluding tert-OH is 2. The van der Waals surface area contributed by atoms with Crippen LogP contribution in [0.3, 0.4) is 0 Å². The van der Waals surface area contributed by atoms with Crippen LogP contribution in [0.5, 0.6) is 5.75 Å². The van der Waals surface area contributed by atoms with E-state index in [0.29, 0.717) is 0 Å². The molecule has 0 heterocycles. The Labute approximate surface area is 99.7 Å². The van der Waals surface area contributed by atoms with Crippen LogP contribution in [0.25, 0.3) is 6.08 Å². The topological polar surface area (TPSA) is 60.7 Å². The van der Waals surface area contributed by atoms with Crippen molar-refractivity contribution >= 4 is 6.08 Å². The average molecular weight is 230 g/mol. The van der Waals surface area contributed by atoms with Gasteiger partial charge in [0, 0.05) is 6.42 Å².